The highest BCUT2D eigenvalue weighted by atomic mass is 15.0. The molecule has 282 valence electrons. The Kier molecular flexibility index (Phi) is 9.40. The largest absolute Gasteiger partial charge is 0.208 e. The molecule has 4 aromatic carbocycles. The summed E-state index contributed by atoms with van der Waals surface area (Å²) < 4.78 is 0. The summed E-state index contributed by atoms with van der Waals surface area (Å²) in [6.07, 6.45) is 13.2. The zero-order valence-electron chi connectivity index (χ0n) is 33.4. The first kappa shape index (κ1) is 36.5. The number of fused-ring (bicyclic) bond motifs is 4. The lowest BCUT2D eigenvalue weighted by Gasteiger charge is -2.50. The molecule has 0 radical (unpaired) electrons. The molecule has 4 bridgehead atoms. The van der Waals surface area contributed by atoms with Crippen molar-refractivity contribution in [2.24, 2.45) is 35.5 Å². The highest BCUT2D eigenvalue weighted by Gasteiger charge is 2.46. The smallest absolute Gasteiger partial charge is 0.164 e. The SMILES string of the molecule is C[C@@H]1CC2C[C@H](C)CC(c3ccc(-c4nc(-c5ccc(-c6cc(C#N)cc(C#N)c6)cc5)nc(-c5ccc(C67CC(C[C@@H](C)C6)C[C@H](C)C7)cc5)n4)cc3)(C2)C1. The van der Waals surface area contributed by atoms with E-state index in [4.69, 9.17) is 15.0 Å². The third-order valence-electron chi connectivity index (χ3n) is 14.1. The van der Waals surface area contributed by atoms with Crippen molar-refractivity contribution in [3.8, 4) is 57.4 Å². The molecule has 5 heteroatoms. The predicted octanol–water partition coefficient (Wildman–Crippen LogP) is 12.5. The first-order valence-corrected chi connectivity index (χ1v) is 21.1. The van der Waals surface area contributed by atoms with E-state index in [1.807, 2.05) is 36.4 Å². The van der Waals surface area contributed by atoms with Gasteiger partial charge in [0.15, 0.2) is 17.5 Å². The average molecular weight is 736 g/mol. The summed E-state index contributed by atoms with van der Waals surface area (Å²) in [5.74, 6) is 6.71. The molecule has 4 saturated carbocycles. The Balaban J connectivity index is 1.09. The normalized spacial score (nSPS) is 29.5. The van der Waals surface area contributed by atoms with E-state index in [2.05, 4.69) is 88.4 Å². The molecular weight excluding hydrogens is 683 g/mol. The molecular formula is C51H53N5. The van der Waals surface area contributed by atoms with Crippen LogP contribution in [0.1, 0.15) is 114 Å². The van der Waals surface area contributed by atoms with Crippen LogP contribution in [0.15, 0.2) is 91.0 Å². The van der Waals surface area contributed by atoms with Crippen LogP contribution >= 0.6 is 0 Å². The van der Waals surface area contributed by atoms with Gasteiger partial charge in [0.1, 0.15) is 0 Å². The van der Waals surface area contributed by atoms with Gasteiger partial charge < -0.3 is 0 Å². The van der Waals surface area contributed by atoms with Gasteiger partial charge in [0, 0.05) is 16.7 Å². The van der Waals surface area contributed by atoms with E-state index in [0.29, 0.717) is 28.6 Å². The fourth-order valence-electron chi connectivity index (χ4n) is 12.6. The number of nitrogens with zero attached hydrogens (tertiary/aromatic N) is 5. The minimum Gasteiger partial charge on any atom is -0.208 e. The molecule has 8 atom stereocenters. The zero-order valence-corrected chi connectivity index (χ0v) is 33.4. The van der Waals surface area contributed by atoms with Crippen LogP contribution in [0.2, 0.25) is 0 Å². The number of hydrogen-bond acceptors (Lipinski definition) is 5. The minimum absolute atomic E-state index is 0.268. The number of rotatable bonds is 6. The van der Waals surface area contributed by atoms with E-state index in [1.165, 1.54) is 75.3 Å². The van der Waals surface area contributed by atoms with Gasteiger partial charge in [-0.05, 0) is 151 Å². The summed E-state index contributed by atoms with van der Waals surface area (Å²) in [5.41, 5.74) is 9.07. The van der Waals surface area contributed by atoms with E-state index >= 15 is 0 Å². The van der Waals surface area contributed by atoms with Crippen molar-refractivity contribution < 1.29 is 0 Å². The molecule has 4 aliphatic rings. The zero-order chi connectivity index (χ0) is 38.6. The lowest BCUT2D eigenvalue weighted by atomic mass is 9.54. The van der Waals surface area contributed by atoms with Gasteiger partial charge in [0.05, 0.1) is 23.3 Å². The quantitative estimate of drug-likeness (QED) is 0.173. The van der Waals surface area contributed by atoms with Gasteiger partial charge in [-0.15, -0.1) is 0 Å². The Morgan fingerprint density at radius 3 is 1.09 bits per heavy atom. The molecule has 0 saturated heterocycles. The first-order chi connectivity index (χ1) is 27.1. The second-order valence-corrected chi connectivity index (χ2v) is 18.9. The molecule has 5 nitrogen and oxygen atoms in total. The van der Waals surface area contributed by atoms with E-state index in [9.17, 15) is 10.5 Å². The highest BCUT2D eigenvalue weighted by Crippen LogP contribution is 2.55. The number of hydrogen-bond donors (Lipinski definition) is 0. The summed E-state index contributed by atoms with van der Waals surface area (Å²) in [6.45, 7) is 9.81. The van der Waals surface area contributed by atoms with Crippen molar-refractivity contribution in [3.05, 3.63) is 113 Å². The molecule has 1 aromatic heterocycles. The van der Waals surface area contributed by atoms with Gasteiger partial charge in [-0.1, -0.05) is 100 Å². The number of aromatic nitrogens is 3. The summed E-state index contributed by atoms with van der Waals surface area (Å²) in [4.78, 5) is 15.4. The second-order valence-electron chi connectivity index (χ2n) is 18.9. The Morgan fingerprint density at radius 1 is 0.429 bits per heavy atom. The molecule has 5 aromatic rings. The predicted molar refractivity (Wildman–Crippen MR) is 224 cm³/mol. The van der Waals surface area contributed by atoms with E-state index < -0.39 is 0 Å². The van der Waals surface area contributed by atoms with E-state index in [-0.39, 0.29) is 10.8 Å². The van der Waals surface area contributed by atoms with Crippen LogP contribution in [0, 0.1) is 58.2 Å². The lowest BCUT2D eigenvalue weighted by molar-refractivity contribution is 0.0779. The van der Waals surface area contributed by atoms with Gasteiger partial charge >= 0.3 is 0 Å². The van der Waals surface area contributed by atoms with Gasteiger partial charge in [-0.25, -0.2) is 15.0 Å². The monoisotopic (exact) mass is 735 g/mol. The number of nitriles is 2. The molecule has 0 spiro atoms. The standard InChI is InChI=1S/C51H53N5/c1-32-17-36-18-33(2)25-50(24-32,28-36)45-13-9-42(10-14-45)48-54-47(41-7-5-40(6-8-41)44-22-38(30-52)21-39(23-44)31-53)55-49(56-48)43-11-15-46(16-12-43)51-26-34(3)19-37(29-51)20-35(4)27-51/h5-16,21-23,32-37H,17-20,24-29H2,1-4H3/t32-,33+,34-,35+,36?,37?,50?,51?. The average Bonchev–Trinajstić information content (AvgIpc) is 3.19. The number of benzene rings is 4. The Bertz CT molecular complexity index is 2150. The van der Waals surface area contributed by atoms with Crippen LogP contribution in [-0.4, -0.2) is 15.0 Å². The van der Waals surface area contributed by atoms with Crippen molar-refractivity contribution in [3.63, 3.8) is 0 Å². The molecule has 0 N–H and O–H groups in total. The van der Waals surface area contributed by atoms with Crippen molar-refractivity contribution in [1.29, 1.82) is 10.5 Å². The van der Waals surface area contributed by atoms with E-state index in [1.54, 1.807) is 6.07 Å². The van der Waals surface area contributed by atoms with Gasteiger partial charge in [-0.3, -0.25) is 0 Å². The van der Waals surface area contributed by atoms with Crippen LogP contribution in [0.4, 0.5) is 0 Å². The van der Waals surface area contributed by atoms with Crippen molar-refractivity contribution in [1.82, 2.24) is 15.0 Å². The van der Waals surface area contributed by atoms with Crippen molar-refractivity contribution in [2.75, 3.05) is 0 Å². The maximum atomic E-state index is 9.56. The topological polar surface area (TPSA) is 86.2 Å². The minimum atomic E-state index is 0.268. The third kappa shape index (κ3) is 6.96. The summed E-state index contributed by atoms with van der Waals surface area (Å²) >= 11 is 0. The fraction of sp³-hybridized carbons (Fsp3) is 0.431. The summed E-state index contributed by atoms with van der Waals surface area (Å²) in [5, 5.41) is 19.1. The Labute approximate surface area is 333 Å². The van der Waals surface area contributed by atoms with Crippen LogP contribution in [-0.2, 0) is 10.8 Å². The molecule has 0 aliphatic heterocycles. The van der Waals surface area contributed by atoms with Crippen molar-refractivity contribution >= 4 is 0 Å². The maximum Gasteiger partial charge on any atom is 0.164 e. The summed E-state index contributed by atoms with van der Waals surface area (Å²) in [6, 6.07) is 36.2. The highest BCUT2D eigenvalue weighted by molar-refractivity contribution is 5.72. The molecule has 9 rings (SSSR count). The van der Waals surface area contributed by atoms with Crippen molar-refractivity contribution in [2.45, 2.75) is 103 Å². The maximum absolute atomic E-state index is 9.56. The fourth-order valence-corrected chi connectivity index (χ4v) is 12.6. The third-order valence-corrected chi connectivity index (χ3v) is 14.1. The van der Waals surface area contributed by atoms with E-state index in [0.717, 1.165) is 63.3 Å². The van der Waals surface area contributed by atoms with Crippen LogP contribution < -0.4 is 0 Å². The molecule has 1 heterocycles. The van der Waals surface area contributed by atoms with Crippen LogP contribution in [0.5, 0.6) is 0 Å². The molecule has 56 heavy (non-hydrogen) atoms. The van der Waals surface area contributed by atoms with Gasteiger partial charge in [0.25, 0.3) is 0 Å². The van der Waals surface area contributed by atoms with Crippen LogP contribution in [0.3, 0.4) is 0 Å². The first-order valence-electron chi connectivity index (χ1n) is 21.1. The Morgan fingerprint density at radius 2 is 0.750 bits per heavy atom. The second kappa shape index (κ2) is 14.4. The molecule has 4 fully saturated rings. The van der Waals surface area contributed by atoms with Gasteiger partial charge in [0.2, 0.25) is 0 Å². The van der Waals surface area contributed by atoms with Gasteiger partial charge in [-0.2, -0.15) is 10.5 Å². The summed E-state index contributed by atoms with van der Waals surface area (Å²) in [7, 11) is 0. The molecule has 4 unspecified atom stereocenters. The van der Waals surface area contributed by atoms with Crippen LogP contribution in [0.25, 0.3) is 45.3 Å². The Hall–Kier alpha value is -5.13. The molecule has 0 amide bonds. The molecule has 4 aliphatic carbocycles. The lowest BCUT2D eigenvalue weighted by Crippen LogP contribution is -2.42.